The minimum Gasteiger partial charge on any atom is -0.329 e. The molecule has 0 spiro atoms. The molecule has 0 aliphatic heterocycles. The van der Waals surface area contributed by atoms with Crippen molar-refractivity contribution in [1.29, 1.82) is 0 Å². The highest BCUT2D eigenvalue weighted by Gasteiger charge is 2.05. The molecule has 5 nitrogen and oxygen atoms in total. The molecule has 0 aliphatic rings. The van der Waals surface area contributed by atoms with Gasteiger partial charge in [-0.25, -0.2) is 0 Å². The molecule has 0 bridgehead atoms. The smallest absolute Gasteiger partial charge is 0.0534 e. The maximum absolute atomic E-state index is 5.54. The van der Waals surface area contributed by atoms with E-state index in [0.717, 1.165) is 26.2 Å². The lowest BCUT2D eigenvalue weighted by atomic mass is 10.3. The zero-order chi connectivity index (χ0) is 11.1. The Labute approximate surface area is 91.0 Å². The van der Waals surface area contributed by atoms with Crippen LogP contribution in [0.2, 0.25) is 0 Å². The molecule has 1 heterocycles. The summed E-state index contributed by atoms with van der Waals surface area (Å²) in [4.78, 5) is 2.25. The SMILES string of the molecule is CCn1cc(CN(CCN)CCN)cn1. The first kappa shape index (κ1) is 12.2. The Morgan fingerprint density at radius 3 is 2.47 bits per heavy atom. The lowest BCUT2D eigenvalue weighted by Crippen LogP contribution is -2.33. The fourth-order valence-corrected chi connectivity index (χ4v) is 1.55. The molecule has 0 radical (unpaired) electrons. The standard InChI is InChI=1S/C10H21N5/c1-2-15-9-10(7-13-15)8-14(5-3-11)6-4-12/h7,9H,2-6,8,11-12H2,1H3. The summed E-state index contributed by atoms with van der Waals surface area (Å²) >= 11 is 0. The largest absolute Gasteiger partial charge is 0.329 e. The van der Waals surface area contributed by atoms with E-state index < -0.39 is 0 Å². The molecule has 0 aliphatic carbocycles. The molecule has 1 aromatic heterocycles. The predicted octanol–water partition coefficient (Wildman–Crippen LogP) is -0.378. The quantitative estimate of drug-likeness (QED) is 0.645. The Hall–Kier alpha value is -0.910. The lowest BCUT2D eigenvalue weighted by Gasteiger charge is -2.19. The van der Waals surface area contributed by atoms with E-state index in [1.807, 2.05) is 10.9 Å². The fourth-order valence-electron chi connectivity index (χ4n) is 1.55. The molecule has 1 rings (SSSR count). The summed E-state index contributed by atoms with van der Waals surface area (Å²) in [7, 11) is 0. The molecule has 86 valence electrons. The molecule has 4 N–H and O–H groups in total. The third-order valence-corrected chi connectivity index (χ3v) is 2.31. The van der Waals surface area contributed by atoms with Gasteiger partial charge in [-0.05, 0) is 6.92 Å². The number of rotatable bonds is 7. The third kappa shape index (κ3) is 3.99. The van der Waals surface area contributed by atoms with Crippen molar-refractivity contribution in [1.82, 2.24) is 14.7 Å². The topological polar surface area (TPSA) is 73.1 Å². The Morgan fingerprint density at radius 2 is 2.00 bits per heavy atom. The van der Waals surface area contributed by atoms with Gasteiger partial charge >= 0.3 is 0 Å². The first-order valence-electron chi connectivity index (χ1n) is 5.44. The predicted molar refractivity (Wildman–Crippen MR) is 61.3 cm³/mol. The van der Waals surface area contributed by atoms with E-state index in [2.05, 4.69) is 23.1 Å². The Kier molecular flexibility index (Phi) is 5.31. The first-order chi connectivity index (χ1) is 7.30. The zero-order valence-electron chi connectivity index (χ0n) is 9.39. The maximum atomic E-state index is 5.54. The van der Waals surface area contributed by atoms with Crippen molar-refractivity contribution in [3.8, 4) is 0 Å². The van der Waals surface area contributed by atoms with Crippen LogP contribution in [-0.4, -0.2) is 40.9 Å². The average molecular weight is 211 g/mol. The number of hydrogen-bond acceptors (Lipinski definition) is 4. The second-order valence-electron chi connectivity index (χ2n) is 3.56. The number of nitrogens with zero attached hydrogens (tertiary/aromatic N) is 3. The fraction of sp³-hybridized carbons (Fsp3) is 0.700. The Balaban J connectivity index is 2.48. The number of hydrogen-bond donors (Lipinski definition) is 2. The van der Waals surface area contributed by atoms with Crippen molar-refractivity contribution >= 4 is 0 Å². The Bertz CT molecular complexity index is 265. The molecule has 0 atom stereocenters. The number of aryl methyl sites for hydroxylation is 1. The van der Waals surface area contributed by atoms with Crippen LogP contribution in [0.4, 0.5) is 0 Å². The van der Waals surface area contributed by atoms with Crippen LogP contribution in [0.1, 0.15) is 12.5 Å². The summed E-state index contributed by atoms with van der Waals surface area (Å²) in [6, 6.07) is 0. The van der Waals surface area contributed by atoms with Crippen molar-refractivity contribution < 1.29 is 0 Å². The minimum absolute atomic E-state index is 0.669. The van der Waals surface area contributed by atoms with E-state index in [9.17, 15) is 0 Å². The van der Waals surface area contributed by atoms with Gasteiger partial charge in [-0.2, -0.15) is 5.10 Å². The van der Waals surface area contributed by atoms with Crippen LogP contribution >= 0.6 is 0 Å². The van der Waals surface area contributed by atoms with Crippen LogP contribution in [0.15, 0.2) is 12.4 Å². The van der Waals surface area contributed by atoms with E-state index in [-0.39, 0.29) is 0 Å². The second kappa shape index (κ2) is 6.55. The molecule has 0 aromatic carbocycles. The molecular weight excluding hydrogens is 190 g/mol. The van der Waals surface area contributed by atoms with Crippen LogP contribution in [-0.2, 0) is 13.1 Å². The van der Waals surface area contributed by atoms with Crippen molar-refractivity contribution in [2.75, 3.05) is 26.2 Å². The van der Waals surface area contributed by atoms with Crippen molar-refractivity contribution in [3.63, 3.8) is 0 Å². The molecular formula is C10H21N5. The van der Waals surface area contributed by atoms with Gasteiger partial charge < -0.3 is 11.5 Å². The summed E-state index contributed by atoms with van der Waals surface area (Å²) in [5.74, 6) is 0. The molecule has 0 saturated heterocycles. The molecule has 0 amide bonds. The molecule has 0 saturated carbocycles. The highest BCUT2D eigenvalue weighted by Crippen LogP contribution is 2.02. The van der Waals surface area contributed by atoms with E-state index in [4.69, 9.17) is 11.5 Å². The number of nitrogens with two attached hydrogens (primary N) is 2. The summed E-state index contributed by atoms with van der Waals surface area (Å²) in [5, 5.41) is 4.24. The van der Waals surface area contributed by atoms with Crippen molar-refractivity contribution in [2.24, 2.45) is 11.5 Å². The van der Waals surface area contributed by atoms with E-state index in [1.54, 1.807) is 0 Å². The Morgan fingerprint density at radius 1 is 1.33 bits per heavy atom. The average Bonchev–Trinajstić information content (AvgIpc) is 2.66. The van der Waals surface area contributed by atoms with Gasteiger partial charge in [0.2, 0.25) is 0 Å². The van der Waals surface area contributed by atoms with Gasteiger partial charge in [-0.1, -0.05) is 0 Å². The van der Waals surface area contributed by atoms with E-state index in [0.29, 0.717) is 13.1 Å². The second-order valence-corrected chi connectivity index (χ2v) is 3.56. The maximum Gasteiger partial charge on any atom is 0.0534 e. The number of aromatic nitrogens is 2. The molecule has 0 unspecified atom stereocenters. The first-order valence-corrected chi connectivity index (χ1v) is 5.44. The minimum atomic E-state index is 0.669. The lowest BCUT2D eigenvalue weighted by molar-refractivity contribution is 0.281. The highest BCUT2D eigenvalue weighted by atomic mass is 15.3. The van der Waals surface area contributed by atoms with Gasteiger partial charge in [0.05, 0.1) is 6.20 Å². The van der Waals surface area contributed by atoms with Crippen LogP contribution in [0.5, 0.6) is 0 Å². The highest BCUT2D eigenvalue weighted by molar-refractivity contribution is 5.03. The normalized spacial score (nSPS) is 11.2. The molecule has 0 fully saturated rings. The summed E-state index contributed by atoms with van der Waals surface area (Å²) in [6.07, 6.45) is 3.98. The van der Waals surface area contributed by atoms with Gasteiger partial charge in [0.1, 0.15) is 0 Å². The summed E-state index contributed by atoms with van der Waals surface area (Å²) < 4.78 is 1.93. The van der Waals surface area contributed by atoms with E-state index in [1.165, 1.54) is 5.56 Å². The van der Waals surface area contributed by atoms with Crippen LogP contribution in [0.3, 0.4) is 0 Å². The molecule has 5 heteroatoms. The third-order valence-electron chi connectivity index (χ3n) is 2.31. The van der Waals surface area contributed by atoms with Crippen LogP contribution in [0, 0.1) is 0 Å². The van der Waals surface area contributed by atoms with Gasteiger partial charge in [0.15, 0.2) is 0 Å². The zero-order valence-corrected chi connectivity index (χ0v) is 9.39. The molecule has 1 aromatic rings. The van der Waals surface area contributed by atoms with Crippen LogP contribution < -0.4 is 11.5 Å². The van der Waals surface area contributed by atoms with Crippen LogP contribution in [0.25, 0.3) is 0 Å². The van der Waals surface area contributed by atoms with Gasteiger partial charge in [0, 0.05) is 51.0 Å². The van der Waals surface area contributed by atoms with Gasteiger partial charge in [-0.3, -0.25) is 9.58 Å². The van der Waals surface area contributed by atoms with Crippen molar-refractivity contribution in [2.45, 2.75) is 20.0 Å². The van der Waals surface area contributed by atoms with Gasteiger partial charge in [-0.15, -0.1) is 0 Å². The van der Waals surface area contributed by atoms with Gasteiger partial charge in [0.25, 0.3) is 0 Å². The summed E-state index contributed by atoms with van der Waals surface area (Å²) in [5.41, 5.74) is 12.3. The van der Waals surface area contributed by atoms with Crippen molar-refractivity contribution in [3.05, 3.63) is 18.0 Å². The van der Waals surface area contributed by atoms with E-state index >= 15 is 0 Å². The monoisotopic (exact) mass is 211 g/mol. The molecule has 15 heavy (non-hydrogen) atoms. The summed E-state index contributed by atoms with van der Waals surface area (Å²) in [6.45, 7) is 6.98.